The average Bonchev–Trinajstić information content (AvgIpc) is 2.85. The van der Waals surface area contributed by atoms with Crippen LogP contribution < -0.4 is 5.32 Å². The zero-order valence-electron chi connectivity index (χ0n) is 10.2. The molecule has 1 N–H and O–H groups in total. The van der Waals surface area contributed by atoms with Gasteiger partial charge in [-0.05, 0) is 37.8 Å². The van der Waals surface area contributed by atoms with Crippen LogP contribution in [0, 0.1) is 5.92 Å². The largest absolute Gasteiger partial charge is 0.501 e. The Hall–Kier alpha value is -0.540. The van der Waals surface area contributed by atoms with E-state index in [0.717, 1.165) is 32.8 Å². The van der Waals surface area contributed by atoms with Crippen LogP contribution in [-0.2, 0) is 9.47 Å². The van der Waals surface area contributed by atoms with E-state index in [2.05, 4.69) is 12.2 Å². The van der Waals surface area contributed by atoms with E-state index in [1.54, 1.807) is 0 Å². The Labute approximate surface area is 98.2 Å². The number of hydrogen-bond acceptors (Lipinski definition) is 3. The highest BCUT2D eigenvalue weighted by Crippen LogP contribution is 2.26. The third kappa shape index (κ3) is 2.98. The van der Waals surface area contributed by atoms with Crippen LogP contribution in [-0.4, -0.2) is 32.4 Å². The Morgan fingerprint density at radius 2 is 2.44 bits per heavy atom. The highest BCUT2D eigenvalue weighted by molar-refractivity contribution is 5.12. The van der Waals surface area contributed by atoms with Gasteiger partial charge < -0.3 is 14.8 Å². The zero-order valence-corrected chi connectivity index (χ0v) is 10.2. The van der Waals surface area contributed by atoms with Gasteiger partial charge in [0.1, 0.15) is 0 Å². The predicted molar refractivity (Wildman–Crippen MR) is 64.3 cm³/mol. The molecule has 0 spiro atoms. The minimum Gasteiger partial charge on any atom is -0.501 e. The van der Waals surface area contributed by atoms with Crippen molar-refractivity contribution < 1.29 is 9.47 Å². The van der Waals surface area contributed by atoms with Crippen molar-refractivity contribution in [2.75, 3.05) is 26.4 Å². The van der Waals surface area contributed by atoms with E-state index >= 15 is 0 Å². The van der Waals surface area contributed by atoms with Crippen molar-refractivity contribution in [3.05, 3.63) is 11.8 Å². The lowest BCUT2D eigenvalue weighted by molar-refractivity contribution is 0.175. The van der Waals surface area contributed by atoms with Crippen molar-refractivity contribution in [2.24, 2.45) is 5.92 Å². The SMILES string of the molecule is CCCNC(C1=COCCC1)C1CCOC1. The number of nitrogens with one attached hydrogen (secondary N) is 1. The summed E-state index contributed by atoms with van der Waals surface area (Å²) in [5.74, 6) is 0.638. The van der Waals surface area contributed by atoms with E-state index in [9.17, 15) is 0 Å². The van der Waals surface area contributed by atoms with E-state index in [4.69, 9.17) is 9.47 Å². The van der Waals surface area contributed by atoms with Crippen LogP contribution >= 0.6 is 0 Å². The lowest BCUT2D eigenvalue weighted by Crippen LogP contribution is -2.39. The maximum absolute atomic E-state index is 5.50. The van der Waals surface area contributed by atoms with E-state index in [1.165, 1.54) is 24.8 Å². The molecule has 1 fully saturated rings. The van der Waals surface area contributed by atoms with Crippen LogP contribution in [0.4, 0.5) is 0 Å². The summed E-state index contributed by atoms with van der Waals surface area (Å²) in [5, 5.41) is 3.65. The Kier molecular flexibility index (Phi) is 4.67. The molecule has 0 aromatic carbocycles. The third-order valence-electron chi connectivity index (χ3n) is 3.41. The standard InChI is InChI=1S/C13H23NO2/c1-2-6-14-13(12-5-8-16-10-12)11-4-3-7-15-9-11/h9,12-14H,2-8,10H2,1H3. The van der Waals surface area contributed by atoms with Crippen LogP contribution in [0.25, 0.3) is 0 Å². The van der Waals surface area contributed by atoms with Crippen LogP contribution in [0.5, 0.6) is 0 Å². The van der Waals surface area contributed by atoms with Gasteiger partial charge in [-0.3, -0.25) is 0 Å². The number of hydrogen-bond donors (Lipinski definition) is 1. The van der Waals surface area contributed by atoms with Gasteiger partial charge in [-0.1, -0.05) is 6.92 Å². The molecule has 92 valence electrons. The lowest BCUT2D eigenvalue weighted by atomic mass is 9.89. The maximum Gasteiger partial charge on any atom is 0.0876 e. The van der Waals surface area contributed by atoms with Crippen molar-refractivity contribution in [3.63, 3.8) is 0 Å². The molecule has 2 aliphatic heterocycles. The van der Waals surface area contributed by atoms with Gasteiger partial charge in [0.05, 0.1) is 19.5 Å². The fourth-order valence-electron chi connectivity index (χ4n) is 2.53. The van der Waals surface area contributed by atoms with Crippen LogP contribution in [0.15, 0.2) is 11.8 Å². The Bertz CT molecular complexity index is 234. The highest BCUT2D eigenvalue weighted by Gasteiger charge is 2.28. The summed E-state index contributed by atoms with van der Waals surface area (Å²) in [6, 6.07) is 0.475. The average molecular weight is 225 g/mol. The van der Waals surface area contributed by atoms with E-state index in [1.807, 2.05) is 6.26 Å². The van der Waals surface area contributed by atoms with Gasteiger partial charge in [-0.25, -0.2) is 0 Å². The molecule has 0 radical (unpaired) electrons. The van der Waals surface area contributed by atoms with Gasteiger partial charge in [0.15, 0.2) is 0 Å². The van der Waals surface area contributed by atoms with E-state index < -0.39 is 0 Å². The summed E-state index contributed by atoms with van der Waals surface area (Å²) in [7, 11) is 0. The monoisotopic (exact) mass is 225 g/mol. The van der Waals surface area contributed by atoms with Crippen molar-refractivity contribution in [1.82, 2.24) is 5.32 Å². The highest BCUT2D eigenvalue weighted by atomic mass is 16.5. The lowest BCUT2D eigenvalue weighted by Gasteiger charge is -2.28. The first-order chi connectivity index (χ1) is 7.92. The molecular weight excluding hydrogens is 202 g/mol. The second kappa shape index (κ2) is 6.26. The predicted octanol–water partition coefficient (Wildman–Crippen LogP) is 2.09. The molecule has 2 rings (SSSR count). The normalized spacial score (nSPS) is 27.3. The molecule has 0 saturated carbocycles. The van der Waals surface area contributed by atoms with Crippen molar-refractivity contribution in [3.8, 4) is 0 Å². The Balaban J connectivity index is 1.97. The van der Waals surface area contributed by atoms with Gasteiger partial charge in [0.2, 0.25) is 0 Å². The fraction of sp³-hybridized carbons (Fsp3) is 0.846. The molecule has 0 bridgehead atoms. The van der Waals surface area contributed by atoms with Gasteiger partial charge in [0, 0.05) is 18.6 Å². The first kappa shape index (κ1) is 11.9. The Morgan fingerprint density at radius 1 is 1.50 bits per heavy atom. The summed E-state index contributed by atoms with van der Waals surface area (Å²) in [4.78, 5) is 0. The van der Waals surface area contributed by atoms with Crippen LogP contribution in [0.3, 0.4) is 0 Å². The van der Waals surface area contributed by atoms with E-state index in [-0.39, 0.29) is 0 Å². The zero-order chi connectivity index (χ0) is 11.2. The maximum atomic E-state index is 5.50. The molecule has 0 amide bonds. The fourth-order valence-corrected chi connectivity index (χ4v) is 2.53. The summed E-state index contributed by atoms with van der Waals surface area (Å²) < 4.78 is 11.0. The molecule has 16 heavy (non-hydrogen) atoms. The smallest absolute Gasteiger partial charge is 0.0876 e. The van der Waals surface area contributed by atoms with Crippen molar-refractivity contribution in [1.29, 1.82) is 0 Å². The molecule has 2 heterocycles. The Morgan fingerprint density at radius 3 is 3.06 bits per heavy atom. The number of ether oxygens (including phenoxy) is 2. The molecule has 0 aromatic rings. The van der Waals surface area contributed by atoms with Gasteiger partial charge >= 0.3 is 0 Å². The van der Waals surface area contributed by atoms with Gasteiger partial charge in [0.25, 0.3) is 0 Å². The van der Waals surface area contributed by atoms with Crippen molar-refractivity contribution in [2.45, 2.75) is 38.6 Å². The quantitative estimate of drug-likeness (QED) is 0.777. The molecule has 0 aliphatic carbocycles. The minimum absolute atomic E-state index is 0.475. The molecule has 2 aliphatic rings. The van der Waals surface area contributed by atoms with Crippen molar-refractivity contribution >= 4 is 0 Å². The molecule has 2 atom stereocenters. The molecule has 1 saturated heterocycles. The summed E-state index contributed by atoms with van der Waals surface area (Å²) in [6.45, 7) is 5.99. The van der Waals surface area contributed by atoms with Gasteiger partial charge in [-0.2, -0.15) is 0 Å². The summed E-state index contributed by atoms with van der Waals surface area (Å²) in [5.41, 5.74) is 1.44. The minimum atomic E-state index is 0.475. The van der Waals surface area contributed by atoms with Gasteiger partial charge in [-0.15, -0.1) is 0 Å². The second-order valence-electron chi connectivity index (χ2n) is 4.72. The summed E-state index contributed by atoms with van der Waals surface area (Å²) >= 11 is 0. The van der Waals surface area contributed by atoms with Crippen LogP contribution in [0.1, 0.15) is 32.6 Å². The molecule has 2 unspecified atom stereocenters. The first-order valence-corrected chi connectivity index (χ1v) is 6.53. The molecule has 3 heteroatoms. The third-order valence-corrected chi connectivity index (χ3v) is 3.41. The second-order valence-corrected chi connectivity index (χ2v) is 4.72. The van der Waals surface area contributed by atoms with Crippen LogP contribution in [0.2, 0.25) is 0 Å². The number of rotatable bonds is 5. The van der Waals surface area contributed by atoms with E-state index in [0.29, 0.717) is 12.0 Å². The molecular formula is C13H23NO2. The molecule has 0 aromatic heterocycles. The summed E-state index contributed by atoms with van der Waals surface area (Å²) in [6.07, 6.45) is 6.67. The first-order valence-electron chi connectivity index (χ1n) is 6.53. The molecule has 3 nitrogen and oxygen atoms in total. The topological polar surface area (TPSA) is 30.5 Å².